The quantitative estimate of drug-likeness (QED) is 0.695. The number of likely N-dealkylation sites (tertiary alicyclic amines) is 1. The van der Waals surface area contributed by atoms with Gasteiger partial charge in [-0.2, -0.15) is 13.2 Å². The van der Waals surface area contributed by atoms with Crippen molar-refractivity contribution in [2.24, 2.45) is 5.92 Å². The van der Waals surface area contributed by atoms with Crippen LogP contribution in [0.4, 0.5) is 18.9 Å². The summed E-state index contributed by atoms with van der Waals surface area (Å²) >= 11 is 6.01. The number of carboxylic acid groups (broad SMARTS) is 1. The summed E-state index contributed by atoms with van der Waals surface area (Å²) in [6, 6.07) is 12.2. The standard InChI is InChI=1S/C21H22ClF3N2O2/c1-14-7-18(5-6-19(14)22)27(13-21(23,24)25)10-16-4-2-3-15(8-16)9-26-11-17(12-26)20(28)29/h2-8,17H,9-13H2,1H3,(H,28,29). The van der Waals surface area contributed by atoms with Crippen molar-refractivity contribution < 1.29 is 23.1 Å². The molecule has 1 aliphatic heterocycles. The first-order chi connectivity index (χ1) is 13.6. The van der Waals surface area contributed by atoms with E-state index in [4.69, 9.17) is 16.7 Å². The molecule has 2 aromatic rings. The average Bonchev–Trinajstić information content (AvgIpc) is 2.58. The number of hydrogen-bond acceptors (Lipinski definition) is 3. The van der Waals surface area contributed by atoms with Crippen molar-refractivity contribution in [3.8, 4) is 0 Å². The van der Waals surface area contributed by atoms with E-state index in [2.05, 4.69) is 0 Å². The van der Waals surface area contributed by atoms with Crippen LogP contribution in [0, 0.1) is 12.8 Å². The summed E-state index contributed by atoms with van der Waals surface area (Å²) in [6.45, 7) is 2.36. The van der Waals surface area contributed by atoms with Gasteiger partial charge >= 0.3 is 12.1 Å². The molecule has 0 aromatic heterocycles. The lowest BCUT2D eigenvalue weighted by atomic mass is 9.99. The summed E-state index contributed by atoms with van der Waals surface area (Å²) in [5.74, 6) is -1.13. The Morgan fingerprint density at radius 3 is 2.52 bits per heavy atom. The maximum atomic E-state index is 13.2. The highest BCUT2D eigenvalue weighted by Crippen LogP contribution is 2.28. The largest absolute Gasteiger partial charge is 0.481 e. The molecule has 1 fully saturated rings. The molecule has 4 nitrogen and oxygen atoms in total. The predicted octanol–water partition coefficient (Wildman–Crippen LogP) is 4.73. The van der Waals surface area contributed by atoms with Crippen LogP contribution < -0.4 is 4.90 Å². The van der Waals surface area contributed by atoms with Crippen LogP contribution in [0.5, 0.6) is 0 Å². The maximum Gasteiger partial charge on any atom is 0.405 e. The summed E-state index contributed by atoms with van der Waals surface area (Å²) < 4.78 is 39.5. The van der Waals surface area contributed by atoms with Crippen molar-refractivity contribution in [1.29, 1.82) is 0 Å². The van der Waals surface area contributed by atoms with E-state index in [0.29, 0.717) is 30.3 Å². The second-order valence-electron chi connectivity index (χ2n) is 7.45. The number of benzene rings is 2. The van der Waals surface area contributed by atoms with Crippen LogP contribution in [0.15, 0.2) is 42.5 Å². The van der Waals surface area contributed by atoms with Crippen LogP contribution >= 0.6 is 11.6 Å². The molecule has 0 saturated carbocycles. The molecule has 0 spiro atoms. The summed E-state index contributed by atoms with van der Waals surface area (Å²) in [5.41, 5.74) is 2.89. The Bertz CT molecular complexity index is 882. The summed E-state index contributed by atoms with van der Waals surface area (Å²) in [6.07, 6.45) is -4.34. The molecule has 8 heteroatoms. The molecule has 0 bridgehead atoms. The minimum Gasteiger partial charge on any atom is -0.481 e. The van der Waals surface area contributed by atoms with Gasteiger partial charge in [-0.05, 0) is 41.8 Å². The van der Waals surface area contributed by atoms with E-state index in [-0.39, 0.29) is 12.5 Å². The van der Waals surface area contributed by atoms with Gasteiger partial charge in [0, 0.05) is 36.9 Å². The number of carboxylic acids is 1. The van der Waals surface area contributed by atoms with Crippen LogP contribution in [-0.2, 0) is 17.9 Å². The Hall–Kier alpha value is -2.25. The number of rotatable bonds is 7. The third-order valence-electron chi connectivity index (χ3n) is 4.95. The lowest BCUT2D eigenvalue weighted by Crippen LogP contribution is -2.49. The normalized spacial score (nSPS) is 15.2. The number of halogens is 4. The molecule has 29 heavy (non-hydrogen) atoms. The van der Waals surface area contributed by atoms with Gasteiger partial charge in [-0.25, -0.2) is 0 Å². The van der Waals surface area contributed by atoms with E-state index in [1.165, 1.54) is 4.90 Å². The molecule has 0 atom stereocenters. The van der Waals surface area contributed by atoms with Crippen molar-refractivity contribution in [3.63, 3.8) is 0 Å². The summed E-state index contributed by atoms with van der Waals surface area (Å²) in [4.78, 5) is 14.2. The van der Waals surface area contributed by atoms with Gasteiger partial charge in [-0.3, -0.25) is 9.69 Å². The van der Waals surface area contributed by atoms with Gasteiger partial charge in [-0.15, -0.1) is 0 Å². The van der Waals surface area contributed by atoms with E-state index in [0.717, 1.165) is 16.7 Å². The molecule has 0 unspecified atom stereocenters. The Balaban J connectivity index is 1.73. The van der Waals surface area contributed by atoms with Crippen LogP contribution in [0.3, 0.4) is 0 Å². The fourth-order valence-corrected chi connectivity index (χ4v) is 3.56. The number of nitrogens with zero attached hydrogens (tertiary/aromatic N) is 2. The van der Waals surface area contributed by atoms with Gasteiger partial charge in [0.2, 0.25) is 0 Å². The topological polar surface area (TPSA) is 43.8 Å². The van der Waals surface area contributed by atoms with Gasteiger partial charge in [-0.1, -0.05) is 35.9 Å². The molecular formula is C21H22ClF3N2O2. The fraction of sp³-hybridized carbons (Fsp3) is 0.381. The zero-order valence-corrected chi connectivity index (χ0v) is 16.7. The molecule has 1 aliphatic rings. The first kappa shape index (κ1) is 21.5. The van der Waals surface area contributed by atoms with Crippen LogP contribution in [0.1, 0.15) is 16.7 Å². The lowest BCUT2D eigenvalue weighted by Gasteiger charge is -2.36. The molecule has 156 valence electrons. The van der Waals surface area contributed by atoms with Crippen molar-refractivity contribution >= 4 is 23.3 Å². The number of carbonyl (C=O) groups is 1. The molecule has 0 amide bonds. The third-order valence-corrected chi connectivity index (χ3v) is 5.38. The van der Waals surface area contributed by atoms with Crippen LogP contribution in [0.25, 0.3) is 0 Å². The molecule has 2 aromatic carbocycles. The highest BCUT2D eigenvalue weighted by Gasteiger charge is 2.33. The number of aryl methyl sites for hydroxylation is 1. The highest BCUT2D eigenvalue weighted by atomic mass is 35.5. The molecule has 1 N–H and O–H groups in total. The second-order valence-corrected chi connectivity index (χ2v) is 7.86. The van der Waals surface area contributed by atoms with Gasteiger partial charge < -0.3 is 10.0 Å². The number of alkyl halides is 3. The fourth-order valence-electron chi connectivity index (χ4n) is 3.44. The highest BCUT2D eigenvalue weighted by molar-refractivity contribution is 6.31. The van der Waals surface area contributed by atoms with Gasteiger partial charge in [0.15, 0.2) is 0 Å². The first-order valence-electron chi connectivity index (χ1n) is 9.21. The third kappa shape index (κ3) is 5.87. The monoisotopic (exact) mass is 426 g/mol. The maximum absolute atomic E-state index is 13.2. The number of aliphatic carboxylic acids is 1. The molecule has 0 radical (unpaired) electrons. The van der Waals surface area contributed by atoms with Crippen molar-refractivity contribution in [3.05, 3.63) is 64.2 Å². The zero-order valence-electron chi connectivity index (χ0n) is 15.9. The first-order valence-corrected chi connectivity index (χ1v) is 9.59. The minimum atomic E-state index is -4.34. The predicted molar refractivity (Wildman–Crippen MR) is 106 cm³/mol. The van der Waals surface area contributed by atoms with E-state index >= 15 is 0 Å². The molecule has 1 heterocycles. The van der Waals surface area contributed by atoms with Gasteiger partial charge in [0.1, 0.15) is 6.54 Å². The Morgan fingerprint density at radius 1 is 1.21 bits per heavy atom. The minimum absolute atomic E-state index is 0.103. The van der Waals surface area contributed by atoms with Crippen LogP contribution in [0.2, 0.25) is 5.02 Å². The molecule has 1 saturated heterocycles. The van der Waals surface area contributed by atoms with E-state index in [1.807, 2.05) is 23.1 Å². The Morgan fingerprint density at radius 2 is 1.90 bits per heavy atom. The summed E-state index contributed by atoms with van der Waals surface area (Å²) in [7, 11) is 0. The van der Waals surface area contributed by atoms with Gasteiger partial charge in [0.05, 0.1) is 5.92 Å². The SMILES string of the molecule is Cc1cc(N(Cc2cccc(CN3CC(C(=O)O)C3)c2)CC(F)(F)F)ccc1Cl. The van der Waals surface area contributed by atoms with E-state index in [1.54, 1.807) is 31.2 Å². The van der Waals surface area contributed by atoms with Crippen molar-refractivity contribution in [2.75, 3.05) is 24.5 Å². The average molecular weight is 427 g/mol. The molecular weight excluding hydrogens is 405 g/mol. The molecule has 3 rings (SSSR count). The van der Waals surface area contributed by atoms with E-state index < -0.39 is 18.7 Å². The lowest BCUT2D eigenvalue weighted by molar-refractivity contribution is -0.147. The Labute approximate surface area is 172 Å². The zero-order chi connectivity index (χ0) is 21.2. The Kier molecular flexibility index (Phi) is 6.39. The van der Waals surface area contributed by atoms with Gasteiger partial charge in [0.25, 0.3) is 0 Å². The molecule has 0 aliphatic carbocycles. The van der Waals surface area contributed by atoms with Crippen molar-refractivity contribution in [2.45, 2.75) is 26.2 Å². The number of anilines is 1. The smallest absolute Gasteiger partial charge is 0.405 e. The summed E-state index contributed by atoms with van der Waals surface area (Å²) in [5, 5.41) is 9.48. The number of hydrogen-bond donors (Lipinski definition) is 1. The van der Waals surface area contributed by atoms with E-state index in [9.17, 15) is 18.0 Å². The second kappa shape index (κ2) is 8.63. The van der Waals surface area contributed by atoms with Crippen LogP contribution in [-0.4, -0.2) is 41.8 Å². The van der Waals surface area contributed by atoms with Crippen molar-refractivity contribution in [1.82, 2.24) is 4.90 Å².